The van der Waals surface area contributed by atoms with E-state index in [1.165, 1.54) is 11.3 Å². The van der Waals surface area contributed by atoms with Crippen molar-refractivity contribution in [1.29, 1.82) is 0 Å². The molecule has 0 bridgehead atoms. The number of aliphatic hydroxyl groups excluding tert-OH is 1. The number of aliphatic hydroxyl groups is 1. The molecular weight excluding hydrogens is 384 g/mol. The Balaban J connectivity index is 1.44. The number of carbonyl (C=O) groups is 1. The number of hydrogen-bond acceptors (Lipinski definition) is 5. The Hall–Kier alpha value is -2.70. The van der Waals surface area contributed by atoms with Crippen LogP contribution in [-0.2, 0) is 19.8 Å². The Morgan fingerprint density at radius 1 is 1.24 bits per heavy atom. The van der Waals surface area contributed by atoms with Gasteiger partial charge in [-0.15, -0.1) is 11.3 Å². The average Bonchev–Trinajstić information content (AvgIpc) is 3.47. The van der Waals surface area contributed by atoms with Crippen molar-refractivity contribution in [2.75, 3.05) is 0 Å². The van der Waals surface area contributed by atoms with Crippen LogP contribution in [0.4, 0.5) is 0 Å². The summed E-state index contributed by atoms with van der Waals surface area (Å²) in [5, 5.41) is 11.8. The van der Waals surface area contributed by atoms with Crippen LogP contribution in [0.1, 0.15) is 45.0 Å². The van der Waals surface area contributed by atoms with Gasteiger partial charge in [0.1, 0.15) is 17.4 Å². The van der Waals surface area contributed by atoms with Gasteiger partial charge >= 0.3 is 0 Å². The molecule has 5 nitrogen and oxygen atoms in total. The third-order valence-corrected chi connectivity index (χ3v) is 5.76. The molecule has 3 aromatic rings. The van der Waals surface area contributed by atoms with Crippen LogP contribution in [0.5, 0.6) is 5.75 Å². The number of carbonyl (C=O) groups excluding carboxylic acids is 1. The Morgan fingerprint density at radius 2 is 2.07 bits per heavy atom. The van der Waals surface area contributed by atoms with Crippen molar-refractivity contribution in [2.45, 2.75) is 45.6 Å². The van der Waals surface area contributed by atoms with Crippen LogP contribution in [0.25, 0.3) is 0 Å². The van der Waals surface area contributed by atoms with Gasteiger partial charge in [-0.25, -0.2) is 4.98 Å². The van der Waals surface area contributed by atoms with Gasteiger partial charge in [0, 0.05) is 23.5 Å². The van der Waals surface area contributed by atoms with Crippen molar-refractivity contribution in [1.82, 2.24) is 9.88 Å². The molecule has 1 aromatic heterocycles. The lowest BCUT2D eigenvalue weighted by Crippen LogP contribution is -2.32. The van der Waals surface area contributed by atoms with E-state index in [1.54, 1.807) is 0 Å². The van der Waals surface area contributed by atoms with Crippen LogP contribution < -0.4 is 4.74 Å². The van der Waals surface area contributed by atoms with Crippen molar-refractivity contribution in [2.24, 2.45) is 0 Å². The van der Waals surface area contributed by atoms with Gasteiger partial charge in [-0.2, -0.15) is 0 Å². The lowest BCUT2D eigenvalue weighted by molar-refractivity contribution is 0.0729. The van der Waals surface area contributed by atoms with Crippen LogP contribution in [0, 0.1) is 6.92 Å². The summed E-state index contributed by atoms with van der Waals surface area (Å²) < 4.78 is 5.87. The first-order chi connectivity index (χ1) is 14.1. The highest BCUT2D eigenvalue weighted by Crippen LogP contribution is 2.30. The predicted molar refractivity (Wildman–Crippen MR) is 113 cm³/mol. The second-order valence-electron chi connectivity index (χ2n) is 7.36. The van der Waals surface area contributed by atoms with Gasteiger partial charge < -0.3 is 14.7 Å². The third kappa shape index (κ3) is 5.02. The molecule has 1 aliphatic carbocycles. The van der Waals surface area contributed by atoms with Gasteiger partial charge in [0.05, 0.1) is 12.3 Å². The summed E-state index contributed by atoms with van der Waals surface area (Å²) in [4.78, 5) is 19.4. The second-order valence-corrected chi connectivity index (χ2v) is 8.30. The van der Waals surface area contributed by atoms with Crippen LogP contribution in [-0.4, -0.2) is 26.9 Å². The van der Waals surface area contributed by atoms with E-state index in [4.69, 9.17) is 9.84 Å². The summed E-state index contributed by atoms with van der Waals surface area (Å²) in [5.41, 5.74) is 3.55. The molecule has 0 atom stereocenters. The number of rotatable bonds is 8. The van der Waals surface area contributed by atoms with E-state index in [-0.39, 0.29) is 12.5 Å². The van der Waals surface area contributed by atoms with Gasteiger partial charge in [-0.05, 0) is 49.6 Å². The van der Waals surface area contributed by atoms with Gasteiger partial charge in [-0.1, -0.05) is 29.8 Å². The molecule has 150 valence electrons. The quantitative estimate of drug-likeness (QED) is 0.603. The average molecular weight is 409 g/mol. The zero-order valence-corrected chi connectivity index (χ0v) is 17.2. The Morgan fingerprint density at radius 3 is 2.79 bits per heavy atom. The Kier molecular flexibility index (Phi) is 5.92. The van der Waals surface area contributed by atoms with Gasteiger partial charge in [0.15, 0.2) is 0 Å². The first-order valence-corrected chi connectivity index (χ1v) is 10.6. The third-order valence-electron chi connectivity index (χ3n) is 4.89. The maximum absolute atomic E-state index is 13.1. The van der Waals surface area contributed by atoms with Crippen LogP contribution >= 0.6 is 11.3 Å². The highest BCUT2D eigenvalue weighted by Gasteiger charge is 2.33. The smallest absolute Gasteiger partial charge is 0.254 e. The van der Waals surface area contributed by atoms with Crippen molar-refractivity contribution >= 4 is 17.2 Å². The fraction of sp³-hybridized carbons (Fsp3) is 0.304. The van der Waals surface area contributed by atoms with E-state index in [0.29, 0.717) is 24.9 Å². The Labute approximate surface area is 174 Å². The van der Waals surface area contributed by atoms with E-state index in [1.807, 2.05) is 65.7 Å². The number of ether oxygens (including phenoxy) is 1. The first-order valence-electron chi connectivity index (χ1n) is 9.76. The van der Waals surface area contributed by atoms with Crippen molar-refractivity contribution in [3.63, 3.8) is 0 Å². The first kappa shape index (κ1) is 19.6. The normalized spacial score (nSPS) is 13.3. The molecule has 0 radical (unpaired) electrons. The standard InChI is InChI=1S/C23H24N2O3S/c1-16-4-2-6-18(10-16)23(27)25(20-8-9-20)12-17-5-3-7-21(11-17)28-14-22-24-19(13-26)15-29-22/h2-7,10-11,15,20,26H,8-9,12-14H2,1H3. The fourth-order valence-corrected chi connectivity index (χ4v) is 3.96. The highest BCUT2D eigenvalue weighted by atomic mass is 32.1. The fourth-order valence-electron chi connectivity index (χ4n) is 3.26. The van der Waals surface area contributed by atoms with Crippen LogP contribution in [0.2, 0.25) is 0 Å². The molecule has 2 aromatic carbocycles. The lowest BCUT2D eigenvalue weighted by Gasteiger charge is -2.23. The molecule has 1 saturated carbocycles. The van der Waals surface area contributed by atoms with Crippen LogP contribution in [0.3, 0.4) is 0 Å². The van der Waals surface area contributed by atoms with Crippen molar-refractivity contribution in [3.05, 3.63) is 81.3 Å². The number of thiazole rings is 1. The number of aryl methyl sites for hydroxylation is 1. The molecule has 29 heavy (non-hydrogen) atoms. The highest BCUT2D eigenvalue weighted by molar-refractivity contribution is 7.09. The predicted octanol–water partition coefficient (Wildman–Crippen LogP) is 4.33. The zero-order chi connectivity index (χ0) is 20.2. The summed E-state index contributed by atoms with van der Waals surface area (Å²) >= 11 is 1.47. The molecule has 1 aliphatic rings. The number of aromatic nitrogens is 1. The molecule has 0 spiro atoms. The van der Waals surface area contributed by atoms with Crippen LogP contribution in [0.15, 0.2) is 53.9 Å². The minimum absolute atomic E-state index is 0.0576. The number of nitrogens with zero attached hydrogens (tertiary/aromatic N) is 2. The van der Waals surface area contributed by atoms with E-state index < -0.39 is 0 Å². The topological polar surface area (TPSA) is 62.7 Å². The lowest BCUT2D eigenvalue weighted by atomic mass is 10.1. The monoisotopic (exact) mass is 408 g/mol. The van der Waals surface area contributed by atoms with E-state index >= 15 is 0 Å². The molecule has 6 heteroatoms. The molecule has 1 fully saturated rings. The van der Waals surface area contributed by atoms with Gasteiger partial charge in [0.2, 0.25) is 0 Å². The van der Waals surface area contributed by atoms with Gasteiger partial charge in [0.25, 0.3) is 5.91 Å². The Bertz CT molecular complexity index is 997. The summed E-state index contributed by atoms with van der Waals surface area (Å²) in [6.45, 7) is 2.88. The second kappa shape index (κ2) is 8.76. The van der Waals surface area contributed by atoms with Crippen molar-refractivity contribution < 1.29 is 14.6 Å². The number of benzene rings is 2. The van der Waals surface area contributed by atoms with E-state index in [9.17, 15) is 4.79 Å². The zero-order valence-electron chi connectivity index (χ0n) is 16.4. The summed E-state index contributed by atoms with van der Waals surface area (Å²) in [7, 11) is 0. The maximum atomic E-state index is 13.1. The SMILES string of the molecule is Cc1cccc(C(=O)N(Cc2cccc(OCc3nc(CO)cs3)c2)C2CC2)c1. The molecule has 0 unspecified atom stereocenters. The molecule has 1 heterocycles. The minimum atomic E-state index is -0.0576. The molecule has 1 N–H and O–H groups in total. The minimum Gasteiger partial charge on any atom is -0.486 e. The molecule has 1 amide bonds. The number of hydrogen-bond donors (Lipinski definition) is 1. The molecule has 4 rings (SSSR count). The molecule has 0 aliphatic heterocycles. The summed E-state index contributed by atoms with van der Waals surface area (Å²) in [5.74, 6) is 0.837. The summed E-state index contributed by atoms with van der Waals surface area (Å²) in [6.07, 6.45) is 2.12. The van der Waals surface area contributed by atoms with Gasteiger partial charge in [-0.3, -0.25) is 4.79 Å². The maximum Gasteiger partial charge on any atom is 0.254 e. The van der Waals surface area contributed by atoms with E-state index in [0.717, 1.165) is 40.3 Å². The van der Waals surface area contributed by atoms with Crippen molar-refractivity contribution in [3.8, 4) is 5.75 Å². The molecule has 0 saturated heterocycles. The number of amides is 1. The van der Waals surface area contributed by atoms with E-state index in [2.05, 4.69) is 4.98 Å². The molecular formula is C23H24N2O3S. The summed E-state index contributed by atoms with van der Waals surface area (Å²) in [6, 6.07) is 16.0. The largest absolute Gasteiger partial charge is 0.486 e.